The van der Waals surface area contributed by atoms with Crippen molar-refractivity contribution in [1.82, 2.24) is 15.2 Å². The van der Waals surface area contributed by atoms with E-state index in [9.17, 15) is 9.59 Å². The van der Waals surface area contributed by atoms with E-state index in [4.69, 9.17) is 9.15 Å². The number of nitrogens with one attached hydrogen (secondary N) is 1. The van der Waals surface area contributed by atoms with Crippen LogP contribution < -0.4 is 5.32 Å². The summed E-state index contributed by atoms with van der Waals surface area (Å²) in [4.78, 5) is 31.8. The molecule has 0 spiro atoms. The topological polar surface area (TPSA) is 84.7 Å². The van der Waals surface area contributed by atoms with Gasteiger partial charge in [0, 0.05) is 36.5 Å². The predicted octanol–water partition coefficient (Wildman–Crippen LogP) is 2.72. The van der Waals surface area contributed by atoms with E-state index in [2.05, 4.69) is 26.2 Å². The van der Waals surface area contributed by atoms with Gasteiger partial charge >= 0.3 is 0 Å². The molecule has 148 valence electrons. The summed E-state index contributed by atoms with van der Waals surface area (Å²) >= 11 is 3.46. The first-order valence-corrected chi connectivity index (χ1v) is 10.3. The van der Waals surface area contributed by atoms with Gasteiger partial charge in [-0.25, -0.2) is 4.98 Å². The van der Waals surface area contributed by atoms with E-state index in [0.29, 0.717) is 54.4 Å². The maximum atomic E-state index is 13.0. The highest BCUT2D eigenvalue weighted by atomic mass is 79.9. The Kier molecular flexibility index (Phi) is 5.77. The van der Waals surface area contributed by atoms with E-state index in [1.807, 2.05) is 18.2 Å². The standard InChI is InChI=1S/C20H22BrN3O4/c21-15-4-1-3-14-17(15)20(26)24(8-2-5-16-22-7-10-28-16)18(14)19(25)23-11-13-6-9-27-12-13/h1,3-4,7,10,13,18H,2,5-6,8-9,11-12H2,(H,23,25). The van der Waals surface area contributed by atoms with Crippen LogP contribution in [0.2, 0.25) is 0 Å². The number of fused-ring (bicyclic) bond motifs is 1. The highest BCUT2D eigenvalue weighted by molar-refractivity contribution is 9.10. The number of halogens is 1. The minimum Gasteiger partial charge on any atom is -0.449 e. The molecule has 2 aromatic rings. The summed E-state index contributed by atoms with van der Waals surface area (Å²) < 4.78 is 11.4. The average Bonchev–Trinajstić information content (AvgIpc) is 3.42. The molecule has 4 rings (SSSR count). The Balaban J connectivity index is 1.49. The maximum absolute atomic E-state index is 13.0. The molecule has 1 N–H and O–H groups in total. The Labute approximate surface area is 171 Å². The molecule has 2 atom stereocenters. The van der Waals surface area contributed by atoms with Crippen LogP contribution in [0.4, 0.5) is 0 Å². The van der Waals surface area contributed by atoms with Gasteiger partial charge < -0.3 is 19.4 Å². The molecule has 2 unspecified atom stereocenters. The first-order valence-electron chi connectivity index (χ1n) is 9.48. The SMILES string of the molecule is O=C(NCC1CCOC1)C1c2cccc(Br)c2C(=O)N1CCCc1ncco1. The van der Waals surface area contributed by atoms with Crippen molar-refractivity contribution in [3.05, 3.63) is 52.1 Å². The lowest BCUT2D eigenvalue weighted by Gasteiger charge is -2.25. The fourth-order valence-electron chi connectivity index (χ4n) is 3.80. The van der Waals surface area contributed by atoms with E-state index in [1.165, 1.54) is 6.26 Å². The monoisotopic (exact) mass is 447 g/mol. The number of carbonyl (C=O) groups is 2. The van der Waals surface area contributed by atoms with Gasteiger partial charge in [0.15, 0.2) is 5.89 Å². The Bertz CT molecular complexity index is 849. The number of rotatable bonds is 7. The molecule has 1 fully saturated rings. The van der Waals surface area contributed by atoms with Crippen LogP contribution in [0.25, 0.3) is 0 Å². The lowest BCUT2D eigenvalue weighted by atomic mass is 10.0. The lowest BCUT2D eigenvalue weighted by Crippen LogP contribution is -2.41. The van der Waals surface area contributed by atoms with Crippen LogP contribution in [0, 0.1) is 5.92 Å². The van der Waals surface area contributed by atoms with Gasteiger partial charge in [0.2, 0.25) is 5.91 Å². The van der Waals surface area contributed by atoms with Crippen LogP contribution in [0.15, 0.2) is 39.5 Å². The fourth-order valence-corrected chi connectivity index (χ4v) is 4.35. The number of oxazole rings is 1. The summed E-state index contributed by atoms with van der Waals surface area (Å²) in [5.41, 5.74) is 1.32. The quantitative estimate of drug-likeness (QED) is 0.704. The molecule has 2 aliphatic heterocycles. The molecule has 0 bridgehead atoms. The number of amides is 2. The van der Waals surface area contributed by atoms with E-state index < -0.39 is 6.04 Å². The second-order valence-electron chi connectivity index (χ2n) is 7.11. The molecular formula is C20H22BrN3O4. The van der Waals surface area contributed by atoms with Crippen LogP contribution in [0.3, 0.4) is 0 Å². The molecule has 0 aliphatic carbocycles. The third-order valence-electron chi connectivity index (χ3n) is 5.24. The van der Waals surface area contributed by atoms with Crippen LogP contribution in [-0.2, 0) is 16.0 Å². The summed E-state index contributed by atoms with van der Waals surface area (Å²) in [6, 6.07) is 4.93. The number of benzene rings is 1. The van der Waals surface area contributed by atoms with Gasteiger partial charge in [0.1, 0.15) is 12.3 Å². The van der Waals surface area contributed by atoms with Crippen molar-refractivity contribution >= 4 is 27.7 Å². The van der Waals surface area contributed by atoms with E-state index in [1.54, 1.807) is 11.1 Å². The molecule has 0 saturated carbocycles. The predicted molar refractivity (Wildman–Crippen MR) is 105 cm³/mol. The number of nitrogens with zero attached hydrogens (tertiary/aromatic N) is 2. The fraction of sp³-hybridized carbons (Fsp3) is 0.450. The van der Waals surface area contributed by atoms with E-state index in [0.717, 1.165) is 18.6 Å². The van der Waals surface area contributed by atoms with Gasteiger partial charge in [0.05, 0.1) is 18.4 Å². The molecule has 1 saturated heterocycles. The van der Waals surface area contributed by atoms with Crippen molar-refractivity contribution in [2.24, 2.45) is 5.92 Å². The lowest BCUT2D eigenvalue weighted by molar-refractivity contribution is -0.125. The van der Waals surface area contributed by atoms with E-state index in [-0.39, 0.29) is 11.8 Å². The van der Waals surface area contributed by atoms with Crippen molar-refractivity contribution in [2.45, 2.75) is 25.3 Å². The third kappa shape index (κ3) is 3.84. The molecule has 3 heterocycles. The number of aromatic nitrogens is 1. The van der Waals surface area contributed by atoms with Crippen molar-refractivity contribution in [3.8, 4) is 0 Å². The zero-order chi connectivity index (χ0) is 19.5. The van der Waals surface area contributed by atoms with Gasteiger partial charge in [-0.3, -0.25) is 9.59 Å². The Morgan fingerprint density at radius 1 is 1.39 bits per heavy atom. The molecule has 8 heteroatoms. The molecular weight excluding hydrogens is 426 g/mol. The number of carbonyl (C=O) groups excluding carboxylic acids is 2. The van der Waals surface area contributed by atoms with Crippen molar-refractivity contribution in [1.29, 1.82) is 0 Å². The molecule has 2 aliphatic rings. The van der Waals surface area contributed by atoms with Gasteiger partial charge in [0.25, 0.3) is 5.91 Å². The van der Waals surface area contributed by atoms with E-state index >= 15 is 0 Å². The first-order chi connectivity index (χ1) is 13.6. The minimum absolute atomic E-state index is 0.126. The molecule has 1 aromatic carbocycles. The zero-order valence-electron chi connectivity index (χ0n) is 15.4. The van der Waals surface area contributed by atoms with Crippen LogP contribution in [0.1, 0.15) is 40.7 Å². The average molecular weight is 448 g/mol. The minimum atomic E-state index is -0.619. The second kappa shape index (κ2) is 8.45. The normalized spacial score (nSPS) is 21.2. The largest absolute Gasteiger partial charge is 0.449 e. The van der Waals surface area contributed by atoms with Crippen LogP contribution >= 0.6 is 15.9 Å². The zero-order valence-corrected chi connectivity index (χ0v) is 17.0. The summed E-state index contributed by atoms with van der Waals surface area (Å²) in [6.45, 7) is 2.43. The molecule has 7 nitrogen and oxygen atoms in total. The highest BCUT2D eigenvalue weighted by Gasteiger charge is 2.41. The van der Waals surface area contributed by atoms with Gasteiger partial charge in [-0.1, -0.05) is 12.1 Å². The third-order valence-corrected chi connectivity index (χ3v) is 5.90. The van der Waals surface area contributed by atoms with Crippen molar-refractivity contribution < 1.29 is 18.7 Å². The van der Waals surface area contributed by atoms with Gasteiger partial charge in [-0.15, -0.1) is 0 Å². The molecule has 0 radical (unpaired) electrons. The smallest absolute Gasteiger partial charge is 0.256 e. The van der Waals surface area contributed by atoms with Crippen LogP contribution in [0.5, 0.6) is 0 Å². The summed E-state index contributed by atoms with van der Waals surface area (Å²) in [5.74, 6) is 0.696. The molecule has 2 amide bonds. The number of ether oxygens (including phenoxy) is 1. The van der Waals surface area contributed by atoms with Gasteiger partial charge in [-0.2, -0.15) is 0 Å². The summed E-state index contributed by atoms with van der Waals surface area (Å²) in [7, 11) is 0. The number of aryl methyl sites for hydroxylation is 1. The maximum Gasteiger partial charge on any atom is 0.256 e. The molecule has 28 heavy (non-hydrogen) atoms. The Morgan fingerprint density at radius 2 is 2.29 bits per heavy atom. The van der Waals surface area contributed by atoms with Crippen LogP contribution in [-0.4, -0.2) is 48.0 Å². The summed E-state index contributed by atoms with van der Waals surface area (Å²) in [6.07, 6.45) is 5.37. The highest BCUT2D eigenvalue weighted by Crippen LogP contribution is 2.38. The number of hydrogen-bond acceptors (Lipinski definition) is 5. The second-order valence-corrected chi connectivity index (χ2v) is 7.96. The molecule has 1 aromatic heterocycles. The summed E-state index contributed by atoms with van der Waals surface area (Å²) in [5, 5.41) is 3.02. The first kappa shape index (κ1) is 19.1. The Morgan fingerprint density at radius 3 is 3.04 bits per heavy atom. The van der Waals surface area contributed by atoms with Gasteiger partial charge in [-0.05, 0) is 40.4 Å². The van der Waals surface area contributed by atoms with Crippen molar-refractivity contribution in [2.75, 3.05) is 26.3 Å². The Hall–Kier alpha value is -2.19. The number of hydrogen-bond donors (Lipinski definition) is 1. The van der Waals surface area contributed by atoms with Crippen molar-refractivity contribution in [3.63, 3.8) is 0 Å².